The molecule has 5 heteroatoms. The van der Waals surface area contributed by atoms with E-state index >= 15 is 0 Å². The molecule has 1 aromatic rings. The van der Waals surface area contributed by atoms with Crippen molar-refractivity contribution in [3.05, 3.63) is 35.4 Å². The summed E-state index contributed by atoms with van der Waals surface area (Å²) in [4.78, 5) is 16.8. The van der Waals surface area contributed by atoms with Gasteiger partial charge in [0.25, 0.3) is 0 Å². The maximum Gasteiger partial charge on any atom is 0.317 e. The lowest BCUT2D eigenvalue weighted by molar-refractivity contribution is 0.128. The molecule has 2 amide bonds. The van der Waals surface area contributed by atoms with E-state index in [2.05, 4.69) is 41.4 Å². The minimum absolute atomic E-state index is 0.0130. The molecule has 1 aromatic carbocycles. The van der Waals surface area contributed by atoms with Crippen LogP contribution in [-0.2, 0) is 13.0 Å². The molecular formula is C20H31N3O2. The standard InChI is InChI=1S/C20H31N3O2/c1-3-19(22-10-8-16-6-4-5-7-18(16)14-22)12-21-20(25)23-11-9-17(13-23)15(2)24/h4-7,15,17,19,24H,3,8-14H2,1-2H3,(H,21,25)/t15-,17+,19+/m0/s1. The molecule has 0 unspecified atom stereocenters. The lowest BCUT2D eigenvalue weighted by atomic mass is 9.98. The number of likely N-dealkylation sites (tertiary alicyclic amines) is 1. The molecule has 3 rings (SSSR count). The minimum atomic E-state index is -0.338. The van der Waals surface area contributed by atoms with Crippen LogP contribution in [0.15, 0.2) is 24.3 Å². The van der Waals surface area contributed by atoms with Gasteiger partial charge in [0.2, 0.25) is 0 Å². The number of aliphatic hydroxyl groups is 1. The highest BCUT2D eigenvalue weighted by atomic mass is 16.3. The Morgan fingerprint density at radius 1 is 1.32 bits per heavy atom. The number of benzene rings is 1. The van der Waals surface area contributed by atoms with E-state index in [9.17, 15) is 9.90 Å². The van der Waals surface area contributed by atoms with Crippen LogP contribution < -0.4 is 5.32 Å². The normalized spacial score (nSPS) is 23.2. The molecule has 138 valence electrons. The van der Waals surface area contributed by atoms with Gasteiger partial charge in [-0.25, -0.2) is 4.79 Å². The molecule has 2 aliphatic heterocycles. The third kappa shape index (κ3) is 4.33. The van der Waals surface area contributed by atoms with Crippen molar-refractivity contribution >= 4 is 6.03 Å². The summed E-state index contributed by atoms with van der Waals surface area (Å²) in [5, 5.41) is 12.8. The first-order valence-corrected chi connectivity index (χ1v) is 9.60. The monoisotopic (exact) mass is 345 g/mol. The summed E-state index contributed by atoms with van der Waals surface area (Å²) in [5.41, 5.74) is 2.87. The zero-order chi connectivity index (χ0) is 17.8. The summed E-state index contributed by atoms with van der Waals surface area (Å²) in [6.45, 7) is 8.13. The second-order valence-electron chi connectivity index (χ2n) is 7.47. The van der Waals surface area contributed by atoms with Gasteiger partial charge in [-0.05, 0) is 37.3 Å². The van der Waals surface area contributed by atoms with E-state index < -0.39 is 0 Å². The average Bonchev–Trinajstić information content (AvgIpc) is 3.12. The summed E-state index contributed by atoms with van der Waals surface area (Å²) >= 11 is 0. The number of hydrogen-bond donors (Lipinski definition) is 2. The van der Waals surface area contributed by atoms with E-state index in [1.165, 1.54) is 11.1 Å². The third-order valence-electron chi connectivity index (χ3n) is 5.83. The largest absolute Gasteiger partial charge is 0.393 e. The van der Waals surface area contributed by atoms with E-state index in [1.807, 2.05) is 11.8 Å². The highest BCUT2D eigenvalue weighted by molar-refractivity contribution is 5.74. The van der Waals surface area contributed by atoms with Crippen molar-refractivity contribution in [1.29, 1.82) is 0 Å². The summed E-state index contributed by atoms with van der Waals surface area (Å²) in [6.07, 6.45) is 2.67. The molecule has 5 nitrogen and oxygen atoms in total. The summed E-state index contributed by atoms with van der Waals surface area (Å²) in [7, 11) is 0. The molecule has 0 aliphatic carbocycles. The van der Waals surface area contributed by atoms with Crippen molar-refractivity contribution in [2.45, 2.75) is 51.8 Å². The van der Waals surface area contributed by atoms with Gasteiger partial charge in [0.05, 0.1) is 6.10 Å². The van der Waals surface area contributed by atoms with Crippen molar-refractivity contribution < 1.29 is 9.90 Å². The van der Waals surface area contributed by atoms with Gasteiger partial charge in [-0.3, -0.25) is 4.90 Å². The fourth-order valence-corrected chi connectivity index (χ4v) is 4.04. The quantitative estimate of drug-likeness (QED) is 0.860. The van der Waals surface area contributed by atoms with E-state index in [0.29, 0.717) is 19.1 Å². The van der Waals surface area contributed by atoms with Crippen LogP contribution in [0.25, 0.3) is 0 Å². The van der Waals surface area contributed by atoms with E-state index in [4.69, 9.17) is 0 Å². The first-order chi connectivity index (χ1) is 12.1. The lowest BCUT2D eigenvalue weighted by Gasteiger charge is -2.35. The van der Waals surface area contributed by atoms with Gasteiger partial charge in [0.1, 0.15) is 0 Å². The number of rotatable bonds is 5. The van der Waals surface area contributed by atoms with Crippen molar-refractivity contribution in [3.8, 4) is 0 Å². The molecule has 1 saturated heterocycles. The summed E-state index contributed by atoms with van der Waals surface area (Å²) in [6, 6.07) is 9.04. The number of nitrogens with zero attached hydrogens (tertiary/aromatic N) is 2. The highest BCUT2D eigenvalue weighted by Crippen LogP contribution is 2.22. The van der Waals surface area contributed by atoms with Gasteiger partial charge < -0.3 is 15.3 Å². The maximum absolute atomic E-state index is 12.4. The molecule has 0 aromatic heterocycles. The fraction of sp³-hybridized carbons (Fsp3) is 0.650. The number of urea groups is 1. The Bertz CT molecular complexity index is 590. The molecule has 2 heterocycles. The van der Waals surface area contributed by atoms with Crippen LogP contribution in [0.1, 0.15) is 37.8 Å². The van der Waals surface area contributed by atoms with Crippen molar-refractivity contribution in [1.82, 2.24) is 15.1 Å². The Morgan fingerprint density at radius 2 is 2.08 bits per heavy atom. The molecule has 2 N–H and O–H groups in total. The minimum Gasteiger partial charge on any atom is -0.393 e. The first-order valence-electron chi connectivity index (χ1n) is 9.60. The molecule has 3 atom stereocenters. The van der Waals surface area contributed by atoms with Crippen LogP contribution in [0, 0.1) is 5.92 Å². The second-order valence-corrected chi connectivity index (χ2v) is 7.47. The molecule has 2 aliphatic rings. The molecule has 0 saturated carbocycles. The second kappa shape index (κ2) is 8.19. The van der Waals surface area contributed by atoms with Gasteiger partial charge in [-0.15, -0.1) is 0 Å². The van der Waals surface area contributed by atoms with Crippen LogP contribution in [0.5, 0.6) is 0 Å². The Morgan fingerprint density at radius 3 is 2.76 bits per heavy atom. The predicted molar refractivity (Wildman–Crippen MR) is 99.4 cm³/mol. The predicted octanol–water partition coefficient (Wildman–Crippen LogP) is 2.24. The SMILES string of the molecule is CC[C@H](CNC(=O)N1CC[C@@H]([C@H](C)O)C1)N1CCc2ccccc2C1. The Kier molecular flexibility index (Phi) is 5.97. The Hall–Kier alpha value is -1.59. The smallest absolute Gasteiger partial charge is 0.317 e. The molecular weight excluding hydrogens is 314 g/mol. The lowest BCUT2D eigenvalue weighted by Crippen LogP contribution is -2.48. The van der Waals surface area contributed by atoms with Gasteiger partial charge in [-0.1, -0.05) is 31.2 Å². The molecule has 1 fully saturated rings. The van der Waals surface area contributed by atoms with Crippen molar-refractivity contribution in [2.75, 3.05) is 26.2 Å². The van der Waals surface area contributed by atoms with Crippen molar-refractivity contribution in [3.63, 3.8) is 0 Å². The third-order valence-corrected chi connectivity index (χ3v) is 5.83. The fourth-order valence-electron chi connectivity index (χ4n) is 4.04. The number of fused-ring (bicyclic) bond motifs is 1. The molecule has 0 bridgehead atoms. The Labute approximate surface area is 151 Å². The molecule has 25 heavy (non-hydrogen) atoms. The van der Waals surface area contributed by atoms with Crippen LogP contribution in [-0.4, -0.2) is 59.3 Å². The zero-order valence-electron chi connectivity index (χ0n) is 15.4. The Balaban J connectivity index is 1.51. The summed E-state index contributed by atoms with van der Waals surface area (Å²) in [5.74, 6) is 0.214. The van der Waals surface area contributed by atoms with E-state index in [-0.39, 0.29) is 18.1 Å². The number of aliphatic hydroxyl groups excluding tert-OH is 1. The van der Waals surface area contributed by atoms with Gasteiger partial charge in [0, 0.05) is 44.7 Å². The average molecular weight is 345 g/mol. The van der Waals surface area contributed by atoms with Gasteiger partial charge in [0.15, 0.2) is 0 Å². The van der Waals surface area contributed by atoms with E-state index in [0.717, 1.165) is 38.9 Å². The highest BCUT2D eigenvalue weighted by Gasteiger charge is 2.29. The maximum atomic E-state index is 12.4. The van der Waals surface area contributed by atoms with Crippen LogP contribution >= 0.6 is 0 Å². The van der Waals surface area contributed by atoms with Crippen LogP contribution in [0.4, 0.5) is 4.79 Å². The summed E-state index contributed by atoms with van der Waals surface area (Å²) < 4.78 is 0. The number of carbonyl (C=O) groups excluding carboxylic acids is 1. The number of carbonyl (C=O) groups is 1. The zero-order valence-corrected chi connectivity index (χ0v) is 15.4. The number of amides is 2. The van der Waals surface area contributed by atoms with Crippen LogP contribution in [0.2, 0.25) is 0 Å². The van der Waals surface area contributed by atoms with Crippen molar-refractivity contribution in [2.24, 2.45) is 5.92 Å². The van der Waals surface area contributed by atoms with Gasteiger partial charge >= 0.3 is 6.03 Å². The molecule has 0 radical (unpaired) electrons. The first kappa shape index (κ1) is 18.2. The number of hydrogen-bond acceptors (Lipinski definition) is 3. The van der Waals surface area contributed by atoms with Crippen LogP contribution in [0.3, 0.4) is 0 Å². The number of nitrogens with one attached hydrogen (secondary N) is 1. The van der Waals surface area contributed by atoms with E-state index in [1.54, 1.807) is 0 Å². The van der Waals surface area contributed by atoms with Gasteiger partial charge in [-0.2, -0.15) is 0 Å². The topological polar surface area (TPSA) is 55.8 Å². The molecule has 0 spiro atoms.